The first-order chi connectivity index (χ1) is 9.00. The maximum Gasteiger partial charge on any atom is 0.244 e. The Hall–Kier alpha value is -1.13. The Labute approximate surface area is 125 Å². The second kappa shape index (κ2) is 6.55. The summed E-state index contributed by atoms with van der Waals surface area (Å²) in [4.78, 5) is 0.104. The fourth-order valence-corrected chi connectivity index (χ4v) is 4.09. The van der Waals surface area contributed by atoms with Crippen LogP contribution in [0, 0.1) is 24.2 Å². The van der Waals surface area contributed by atoms with Crippen LogP contribution in [-0.2, 0) is 10.0 Å². The predicted molar refractivity (Wildman–Crippen MR) is 79.1 cm³/mol. The van der Waals surface area contributed by atoms with E-state index in [9.17, 15) is 8.42 Å². The van der Waals surface area contributed by atoms with E-state index in [1.54, 1.807) is 19.1 Å². The number of nitrogens with zero attached hydrogens (tertiary/aromatic N) is 2. The zero-order valence-electron chi connectivity index (χ0n) is 11.2. The van der Waals surface area contributed by atoms with E-state index >= 15 is 0 Å². The van der Waals surface area contributed by atoms with Gasteiger partial charge in [-0.15, -0.1) is 12.4 Å². The van der Waals surface area contributed by atoms with Crippen molar-refractivity contribution in [2.24, 2.45) is 11.7 Å². The minimum absolute atomic E-state index is 0. The van der Waals surface area contributed by atoms with Crippen LogP contribution in [0.2, 0.25) is 0 Å². The van der Waals surface area contributed by atoms with Gasteiger partial charge in [-0.1, -0.05) is 12.1 Å². The lowest BCUT2D eigenvalue weighted by molar-refractivity contribution is 0.459. The van der Waals surface area contributed by atoms with Crippen molar-refractivity contribution in [3.05, 3.63) is 29.3 Å². The van der Waals surface area contributed by atoms with Crippen LogP contribution in [-0.4, -0.2) is 32.4 Å². The summed E-state index contributed by atoms with van der Waals surface area (Å²) in [5.41, 5.74) is 6.50. The summed E-state index contributed by atoms with van der Waals surface area (Å²) in [5.74, 6) is 0.213. The molecule has 110 valence electrons. The van der Waals surface area contributed by atoms with Gasteiger partial charge in [0, 0.05) is 13.1 Å². The SMILES string of the molecule is Cc1cccc(S(=O)(=O)N2CCC(CN)C2)c1C#N.Cl. The Morgan fingerprint density at radius 1 is 1.50 bits per heavy atom. The van der Waals surface area contributed by atoms with Crippen LogP contribution in [0.5, 0.6) is 0 Å². The summed E-state index contributed by atoms with van der Waals surface area (Å²) in [6, 6.07) is 6.89. The molecule has 0 saturated carbocycles. The molecule has 0 spiro atoms. The highest BCUT2D eigenvalue weighted by molar-refractivity contribution is 7.89. The third kappa shape index (κ3) is 2.96. The minimum atomic E-state index is -3.59. The standard InChI is InChI=1S/C13H17N3O2S.ClH/c1-10-3-2-4-13(12(10)8-15)19(17,18)16-6-5-11(7-14)9-16;/h2-4,11H,5-7,9,14H2,1H3;1H. The number of aryl methyl sites for hydroxylation is 1. The minimum Gasteiger partial charge on any atom is -0.330 e. The molecule has 1 saturated heterocycles. The zero-order chi connectivity index (χ0) is 14.0. The summed E-state index contributed by atoms with van der Waals surface area (Å²) < 4.78 is 26.6. The molecule has 0 aromatic heterocycles. The van der Waals surface area contributed by atoms with Gasteiger partial charge in [0.1, 0.15) is 11.0 Å². The van der Waals surface area contributed by atoms with Gasteiger partial charge in [-0.3, -0.25) is 0 Å². The average Bonchev–Trinajstić information content (AvgIpc) is 2.87. The topological polar surface area (TPSA) is 87.2 Å². The molecule has 1 heterocycles. The fourth-order valence-electron chi connectivity index (χ4n) is 2.35. The molecule has 2 rings (SSSR count). The monoisotopic (exact) mass is 315 g/mol. The van der Waals surface area contributed by atoms with Crippen molar-refractivity contribution in [1.82, 2.24) is 4.31 Å². The van der Waals surface area contributed by atoms with Gasteiger partial charge in [0.15, 0.2) is 0 Å². The number of hydrogen-bond acceptors (Lipinski definition) is 4. The summed E-state index contributed by atoms with van der Waals surface area (Å²) in [6.45, 7) is 3.15. The van der Waals surface area contributed by atoms with Gasteiger partial charge in [-0.05, 0) is 37.4 Å². The molecule has 1 aromatic rings. The van der Waals surface area contributed by atoms with E-state index in [2.05, 4.69) is 0 Å². The Morgan fingerprint density at radius 2 is 2.20 bits per heavy atom. The highest BCUT2D eigenvalue weighted by atomic mass is 35.5. The van der Waals surface area contributed by atoms with Crippen molar-refractivity contribution >= 4 is 22.4 Å². The lowest BCUT2D eigenvalue weighted by atomic mass is 10.1. The Morgan fingerprint density at radius 3 is 2.75 bits per heavy atom. The summed E-state index contributed by atoms with van der Waals surface area (Å²) in [5, 5.41) is 9.15. The highest BCUT2D eigenvalue weighted by Crippen LogP contribution is 2.27. The lowest BCUT2D eigenvalue weighted by Gasteiger charge is -2.17. The highest BCUT2D eigenvalue weighted by Gasteiger charge is 2.33. The van der Waals surface area contributed by atoms with Crippen molar-refractivity contribution in [3.63, 3.8) is 0 Å². The Balaban J connectivity index is 0.00000200. The number of hydrogen-bond donors (Lipinski definition) is 1. The summed E-state index contributed by atoms with van der Waals surface area (Å²) in [6.07, 6.45) is 0.781. The predicted octanol–water partition coefficient (Wildman–Crippen LogP) is 1.26. The van der Waals surface area contributed by atoms with Gasteiger partial charge in [-0.25, -0.2) is 8.42 Å². The molecule has 7 heteroatoms. The molecule has 1 aliphatic heterocycles. The zero-order valence-corrected chi connectivity index (χ0v) is 12.9. The quantitative estimate of drug-likeness (QED) is 0.909. The van der Waals surface area contributed by atoms with Gasteiger partial charge in [0.2, 0.25) is 10.0 Å². The molecule has 5 nitrogen and oxygen atoms in total. The molecule has 1 atom stereocenters. The average molecular weight is 316 g/mol. The van der Waals surface area contributed by atoms with Crippen LogP contribution >= 0.6 is 12.4 Å². The fraction of sp³-hybridized carbons (Fsp3) is 0.462. The second-order valence-corrected chi connectivity index (χ2v) is 6.72. The third-order valence-electron chi connectivity index (χ3n) is 3.55. The summed E-state index contributed by atoms with van der Waals surface area (Å²) in [7, 11) is -3.59. The summed E-state index contributed by atoms with van der Waals surface area (Å²) >= 11 is 0. The van der Waals surface area contributed by atoms with Gasteiger partial charge >= 0.3 is 0 Å². The van der Waals surface area contributed by atoms with Gasteiger partial charge in [-0.2, -0.15) is 9.57 Å². The number of sulfonamides is 1. The largest absolute Gasteiger partial charge is 0.330 e. The van der Waals surface area contributed by atoms with Crippen LogP contribution in [0.3, 0.4) is 0 Å². The molecule has 0 radical (unpaired) electrons. The van der Waals surface area contributed by atoms with Crippen molar-refractivity contribution in [1.29, 1.82) is 5.26 Å². The molecule has 1 aromatic carbocycles. The van der Waals surface area contributed by atoms with Crippen molar-refractivity contribution in [2.45, 2.75) is 18.2 Å². The maximum atomic E-state index is 12.6. The van der Waals surface area contributed by atoms with Crippen molar-refractivity contribution in [2.75, 3.05) is 19.6 Å². The molecule has 0 amide bonds. The molecule has 0 aliphatic carbocycles. The number of halogens is 1. The second-order valence-electron chi connectivity index (χ2n) is 4.81. The Kier molecular flexibility index (Phi) is 5.54. The van der Waals surface area contributed by atoms with E-state index in [-0.39, 0.29) is 28.8 Å². The molecule has 1 unspecified atom stereocenters. The number of rotatable bonds is 3. The van der Waals surface area contributed by atoms with E-state index in [0.29, 0.717) is 25.2 Å². The molecule has 20 heavy (non-hydrogen) atoms. The molecule has 1 aliphatic rings. The first-order valence-electron chi connectivity index (χ1n) is 6.20. The smallest absolute Gasteiger partial charge is 0.244 e. The number of nitrogens with two attached hydrogens (primary N) is 1. The van der Waals surface area contributed by atoms with Crippen LogP contribution < -0.4 is 5.73 Å². The van der Waals surface area contributed by atoms with Gasteiger partial charge in [0.25, 0.3) is 0 Å². The molecular formula is C13H18ClN3O2S. The van der Waals surface area contributed by atoms with Gasteiger partial charge in [0.05, 0.1) is 5.56 Å². The van der Waals surface area contributed by atoms with Crippen LogP contribution in [0.15, 0.2) is 23.1 Å². The Bertz CT molecular complexity index is 625. The van der Waals surface area contributed by atoms with Gasteiger partial charge < -0.3 is 5.73 Å². The van der Waals surface area contributed by atoms with Crippen LogP contribution in [0.25, 0.3) is 0 Å². The third-order valence-corrected chi connectivity index (χ3v) is 5.45. The van der Waals surface area contributed by atoms with E-state index in [1.165, 1.54) is 10.4 Å². The van der Waals surface area contributed by atoms with Crippen LogP contribution in [0.4, 0.5) is 0 Å². The van der Waals surface area contributed by atoms with Crippen molar-refractivity contribution in [3.8, 4) is 6.07 Å². The first kappa shape index (κ1) is 16.9. The molecule has 0 bridgehead atoms. The first-order valence-corrected chi connectivity index (χ1v) is 7.64. The molecular weight excluding hydrogens is 298 g/mol. The number of benzene rings is 1. The van der Waals surface area contributed by atoms with E-state index < -0.39 is 10.0 Å². The molecule has 2 N–H and O–H groups in total. The number of nitriles is 1. The van der Waals surface area contributed by atoms with E-state index in [0.717, 1.165) is 6.42 Å². The lowest BCUT2D eigenvalue weighted by Crippen LogP contribution is -2.30. The van der Waals surface area contributed by atoms with E-state index in [1.807, 2.05) is 6.07 Å². The van der Waals surface area contributed by atoms with Crippen LogP contribution in [0.1, 0.15) is 17.5 Å². The van der Waals surface area contributed by atoms with Crippen molar-refractivity contribution < 1.29 is 8.42 Å². The maximum absolute atomic E-state index is 12.6. The molecule has 1 fully saturated rings. The normalized spacial score (nSPS) is 19.4. The van der Waals surface area contributed by atoms with E-state index in [4.69, 9.17) is 11.0 Å².